The van der Waals surface area contributed by atoms with E-state index in [2.05, 4.69) is 52.9 Å². The van der Waals surface area contributed by atoms with Crippen molar-refractivity contribution in [3.8, 4) is 0 Å². The van der Waals surface area contributed by atoms with Crippen molar-refractivity contribution in [3.05, 3.63) is 54.5 Å². The summed E-state index contributed by atoms with van der Waals surface area (Å²) in [7, 11) is 0. The third-order valence-electron chi connectivity index (χ3n) is 3.78. The number of aliphatic imine (C=N–C) groups is 1. The van der Waals surface area contributed by atoms with Crippen molar-refractivity contribution >= 4 is 17.7 Å². The summed E-state index contributed by atoms with van der Waals surface area (Å²) in [6, 6.07) is 14.5. The molecule has 1 aromatic heterocycles. The van der Waals surface area contributed by atoms with Crippen LogP contribution in [0.25, 0.3) is 0 Å². The molecule has 2 N–H and O–H groups in total. The van der Waals surface area contributed by atoms with Crippen LogP contribution in [0, 0.1) is 0 Å². The van der Waals surface area contributed by atoms with Gasteiger partial charge in [0.2, 0.25) is 0 Å². The number of benzene rings is 1. The molecular weight excluding hydrogens is 306 g/mol. The highest BCUT2D eigenvalue weighted by Gasteiger charge is 2.43. The van der Waals surface area contributed by atoms with Crippen LogP contribution in [0.15, 0.2) is 63.0 Å². The lowest BCUT2D eigenvalue weighted by atomic mass is 10.4. The van der Waals surface area contributed by atoms with Crippen molar-refractivity contribution < 1.29 is 4.42 Å². The molecule has 1 saturated carbocycles. The second kappa shape index (κ2) is 7.59. The van der Waals surface area contributed by atoms with Crippen LogP contribution in [0.1, 0.15) is 25.5 Å². The van der Waals surface area contributed by atoms with E-state index in [1.807, 2.05) is 23.9 Å². The average molecular weight is 329 g/mol. The van der Waals surface area contributed by atoms with E-state index in [1.165, 1.54) is 17.7 Å². The molecule has 0 spiro atoms. The Bertz CT molecular complexity index is 621. The summed E-state index contributed by atoms with van der Waals surface area (Å²) in [6.45, 7) is 4.41. The zero-order valence-corrected chi connectivity index (χ0v) is 14.2. The quantitative estimate of drug-likeness (QED) is 0.601. The Morgan fingerprint density at radius 2 is 2.00 bits per heavy atom. The smallest absolute Gasteiger partial charge is 0.191 e. The van der Waals surface area contributed by atoms with Gasteiger partial charge in [-0.1, -0.05) is 18.2 Å². The lowest BCUT2D eigenvalue weighted by Crippen LogP contribution is -2.41. The van der Waals surface area contributed by atoms with Gasteiger partial charge in [-0.2, -0.15) is 0 Å². The van der Waals surface area contributed by atoms with Crippen molar-refractivity contribution in [2.24, 2.45) is 4.99 Å². The van der Waals surface area contributed by atoms with Crippen LogP contribution >= 0.6 is 11.8 Å². The first-order chi connectivity index (χ1) is 11.3. The van der Waals surface area contributed by atoms with E-state index < -0.39 is 0 Å². The number of nitrogens with one attached hydrogen (secondary N) is 2. The van der Waals surface area contributed by atoms with Crippen LogP contribution in [0.2, 0.25) is 0 Å². The van der Waals surface area contributed by atoms with E-state index in [0.29, 0.717) is 11.3 Å². The minimum absolute atomic E-state index is 0.308. The Kier molecular flexibility index (Phi) is 5.28. The van der Waals surface area contributed by atoms with Gasteiger partial charge in [0.15, 0.2) is 5.96 Å². The molecule has 0 bridgehead atoms. The van der Waals surface area contributed by atoms with E-state index in [1.54, 1.807) is 6.26 Å². The highest BCUT2D eigenvalue weighted by Crippen LogP contribution is 2.51. The van der Waals surface area contributed by atoms with Gasteiger partial charge in [0.1, 0.15) is 12.3 Å². The zero-order valence-electron chi connectivity index (χ0n) is 13.4. The molecule has 0 aliphatic heterocycles. The van der Waals surface area contributed by atoms with Crippen LogP contribution in [-0.4, -0.2) is 23.8 Å². The second-order valence-electron chi connectivity index (χ2n) is 5.73. The molecule has 1 heterocycles. The fraction of sp³-hybridized carbons (Fsp3) is 0.389. The van der Waals surface area contributed by atoms with E-state index in [-0.39, 0.29) is 0 Å². The van der Waals surface area contributed by atoms with Crippen LogP contribution in [0.4, 0.5) is 0 Å². The highest BCUT2D eigenvalue weighted by atomic mass is 32.2. The summed E-state index contributed by atoms with van der Waals surface area (Å²) in [6.07, 6.45) is 4.18. The van der Waals surface area contributed by atoms with Crippen LogP contribution < -0.4 is 10.6 Å². The molecule has 122 valence electrons. The zero-order chi connectivity index (χ0) is 16.0. The Morgan fingerprint density at radius 3 is 2.65 bits per heavy atom. The Labute approximate surface area is 141 Å². The number of hydrogen-bond acceptors (Lipinski definition) is 3. The minimum Gasteiger partial charge on any atom is -0.467 e. The number of furan rings is 1. The average Bonchev–Trinajstić information content (AvgIpc) is 3.13. The topological polar surface area (TPSA) is 49.6 Å². The number of rotatable bonds is 7. The minimum atomic E-state index is 0.308. The van der Waals surface area contributed by atoms with Crippen LogP contribution in [-0.2, 0) is 6.54 Å². The van der Waals surface area contributed by atoms with Crippen molar-refractivity contribution in [2.45, 2.75) is 36.0 Å². The lowest BCUT2D eigenvalue weighted by molar-refractivity contribution is 0.512. The first-order valence-electron chi connectivity index (χ1n) is 8.08. The van der Waals surface area contributed by atoms with Gasteiger partial charge in [-0.3, -0.25) is 0 Å². The number of guanidine groups is 1. The van der Waals surface area contributed by atoms with Gasteiger partial charge in [-0.25, -0.2) is 4.99 Å². The molecule has 1 fully saturated rings. The summed E-state index contributed by atoms with van der Waals surface area (Å²) in [5.74, 6) is 1.73. The van der Waals surface area contributed by atoms with E-state index >= 15 is 0 Å². The molecular formula is C18H23N3OS. The normalized spacial score (nSPS) is 16.1. The van der Waals surface area contributed by atoms with Crippen molar-refractivity contribution in [2.75, 3.05) is 13.1 Å². The summed E-state index contributed by atoms with van der Waals surface area (Å²) >= 11 is 1.97. The summed E-state index contributed by atoms with van der Waals surface area (Å²) in [5.41, 5.74) is 0. The van der Waals surface area contributed by atoms with Gasteiger partial charge in [0.05, 0.1) is 6.26 Å². The monoisotopic (exact) mass is 329 g/mol. The number of nitrogens with zero attached hydrogens (tertiary/aromatic N) is 1. The van der Waals surface area contributed by atoms with Gasteiger partial charge in [-0.15, -0.1) is 11.8 Å². The highest BCUT2D eigenvalue weighted by molar-refractivity contribution is 8.01. The molecule has 5 heteroatoms. The molecule has 4 nitrogen and oxygen atoms in total. The molecule has 3 rings (SSSR count). The molecule has 23 heavy (non-hydrogen) atoms. The van der Waals surface area contributed by atoms with Gasteiger partial charge in [0.25, 0.3) is 0 Å². The SMILES string of the molecule is CCNC(=NCc1ccco1)NCC1(Sc2ccccc2)CC1. The molecule has 2 aromatic rings. The largest absolute Gasteiger partial charge is 0.467 e. The number of hydrogen-bond donors (Lipinski definition) is 2. The summed E-state index contributed by atoms with van der Waals surface area (Å²) < 4.78 is 5.64. The Morgan fingerprint density at radius 1 is 1.17 bits per heavy atom. The third kappa shape index (κ3) is 4.79. The fourth-order valence-corrected chi connectivity index (χ4v) is 3.58. The fourth-order valence-electron chi connectivity index (χ4n) is 2.34. The van der Waals surface area contributed by atoms with Gasteiger partial charge in [-0.05, 0) is 44.0 Å². The maximum Gasteiger partial charge on any atom is 0.191 e. The second-order valence-corrected chi connectivity index (χ2v) is 7.27. The van der Waals surface area contributed by atoms with Gasteiger partial charge >= 0.3 is 0 Å². The van der Waals surface area contributed by atoms with Crippen molar-refractivity contribution in [1.29, 1.82) is 0 Å². The third-order valence-corrected chi connectivity index (χ3v) is 5.27. The maximum atomic E-state index is 5.33. The molecule has 0 atom stereocenters. The summed E-state index contributed by atoms with van der Waals surface area (Å²) in [4.78, 5) is 5.92. The number of thioether (sulfide) groups is 1. The Balaban J connectivity index is 1.55. The molecule has 0 radical (unpaired) electrons. The van der Waals surface area contributed by atoms with Crippen molar-refractivity contribution in [3.63, 3.8) is 0 Å². The van der Waals surface area contributed by atoms with Crippen molar-refractivity contribution in [1.82, 2.24) is 10.6 Å². The van der Waals surface area contributed by atoms with Crippen LogP contribution in [0.5, 0.6) is 0 Å². The lowest BCUT2D eigenvalue weighted by Gasteiger charge is -2.18. The Hall–Kier alpha value is -1.88. The maximum absolute atomic E-state index is 5.33. The standard InChI is InChI=1S/C18H23N3OS/c1-2-19-17(20-13-15-7-6-12-22-15)21-14-18(10-11-18)23-16-8-4-3-5-9-16/h3-9,12H,2,10-11,13-14H2,1H3,(H2,19,20,21). The molecule has 0 unspecified atom stereocenters. The predicted octanol–water partition coefficient (Wildman–Crippen LogP) is 3.66. The van der Waals surface area contributed by atoms with Crippen LogP contribution in [0.3, 0.4) is 0 Å². The van der Waals surface area contributed by atoms with E-state index in [9.17, 15) is 0 Å². The van der Waals surface area contributed by atoms with Gasteiger partial charge in [0, 0.05) is 22.7 Å². The molecule has 0 saturated heterocycles. The first-order valence-corrected chi connectivity index (χ1v) is 8.90. The summed E-state index contributed by atoms with van der Waals surface area (Å²) in [5, 5.41) is 6.78. The van der Waals surface area contributed by atoms with Gasteiger partial charge < -0.3 is 15.1 Å². The van der Waals surface area contributed by atoms with E-state index in [4.69, 9.17) is 4.42 Å². The molecule has 1 aliphatic carbocycles. The predicted molar refractivity (Wildman–Crippen MR) is 95.8 cm³/mol. The molecule has 1 aromatic carbocycles. The first kappa shape index (κ1) is 16.0. The molecule has 1 aliphatic rings. The molecule has 0 amide bonds. The van der Waals surface area contributed by atoms with E-state index in [0.717, 1.165) is 24.8 Å².